The molecular weight excluding hydrogens is 232 g/mol. The normalized spacial score (nSPS) is 42.0. The van der Waals surface area contributed by atoms with Crippen LogP contribution >= 0.6 is 0 Å². The second-order valence-corrected chi connectivity index (χ2v) is 7.56. The Labute approximate surface area is 119 Å². The molecule has 2 heteroatoms. The van der Waals surface area contributed by atoms with Gasteiger partial charge in [-0.05, 0) is 61.7 Å². The van der Waals surface area contributed by atoms with Gasteiger partial charge >= 0.3 is 0 Å². The number of rotatable bonds is 4. The van der Waals surface area contributed by atoms with Crippen LogP contribution in [0.15, 0.2) is 0 Å². The van der Waals surface area contributed by atoms with Gasteiger partial charge in [-0.2, -0.15) is 0 Å². The van der Waals surface area contributed by atoms with Gasteiger partial charge in [0.2, 0.25) is 0 Å². The summed E-state index contributed by atoms with van der Waals surface area (Å²) in [5.74, 6) is 10.3. The zero-order valence-electron chi connectivity index (χ0n) is 13.2. The van der Waals surface area contributed by atoms with E-state index in [1.54, 1.807) is 0 Å². The molecule has 3 atom stereocenters. The molecule has 19 heavy (non-hydrogen) atoms. The number of nitrogens with one attached hydrogen (secondary N) is 1. The summed E-state index contributed by atoms with van der Waals surface area (Å²) in [5.41, 5.74) is 3.22. The van der Waals surface area contributed by atoms with Crippen molar-refractivity contribution in [1.82, 2.24) is 5.43 Å². The van der Waals surface area contributed by atoms with Crippen molar-refractivity contribution in [3.63, 3.8) is 0 Å². The van der Waals surface area contributed by atoms with Crippen molar-refractivity contribution >= 4 is 0 Å². The average Bonchev–Trinajstić information content (AvgIpc) is 2.39. The molecule has 0 heterocycles. The molecule has 0 amide bonds. The molecule has 0 aromatic heterocycles. The molecule has 2 rings (SSSR count). The zero-order valence-corrected chi connectivity index (χ0v) is 13.2. The molecule has 2 fully saturated rings. The van der Waals surface area contributed by atoms with Gasteiger partial charge in [-0.1, -0.05) is 40.0 Å². The smallest absolute Gasteiger partial charge is 0.0267 e. The average molecular weight is 266 g/mol. The van der Waals surface area contributed by atoms with Gasteiger partial charge in [0.05, 0.1) is 0 Å². The van der Waals surface area contributed by atoms with Crippen LogP contribution in [0.5, 0.6) is 0 Å². The summed E-state index contributed by atoms with van der Waals surface area (Å²) < 4.78 is 0. The minimum atomic E-state index is 0.572. The number of nitrogens with two attached hydrogens (primary N) is 1. The fourth-order valence-electron chi connectivity index (χ4n) is 4.92. The summed E-state index contributed by atoms with van der Waals surface area (Å²) in [6, 6.07) is 0.572. The van der Waals surface area contributed by atoms with Gasteiger partial charge in [0.25, 0.3) is 0 Å². The molecule has 3 unspecified atom stereocenters. The van der Waals surface area contributed by atoms with Gasteiger partial charge in [-0.15, -0.1) is 0 Å². The van der Waals surface area contributed by atoms with E-state index in [9.17, 15) is 0 Å². The van der Waals surface area contributed by atoms with Crippen LogP contribution in [0.3, 0.4) is 0 Å². The van der Waals surface area contributed by atoms with Crippen molar-refractivity contribution in [2.75, 3.05) is 0 Å². The first kappa shape index (κ1) is 15.3. The fraction of sp³-hybridized carbons (Fsp3) is 1.00. The van der Waals surface area contributed by atoms with E-state index in [0.717, 1.165) is 29.6 Å². The largest absolute Gasteiger partial charge is 0.271 e. The van der Waals surface area contributed by atoms with Gasteiger partial charge in [-0.25, -0.2) is 0 Å². The van der Waals surface area contributed by atoms with Crippen molar-refractivity contribution in [3.05, 3.63) is 0 Å². The second-order valence-electron chi connectivity index (χ2n) is 7.56. The van der Waals surface area contributed by atoms with Crippen LogP contribution in [0.1, 0.15) is 72.1 Å². The Balaban J connectivity index is 1.92. The van der Waals surface area contributed by atoms with Gasteiger partial charge in [-0.3, -0.25) is 11.3 Å². The van der Waals surface area contributed by atoms with Gasteiger partial charge in [0.1, 0.15) is 0 Å². The molecule has 0 bridgehead atoms. The lowest BCUT2D eigenvalue weighted by Gasteiger charge is -2.42. The fourth-order valence-corrected chi connectivity index (χ4v) is 4.92. The Bertz CT molecular complexity index is 248. The van der Waals surface area contributed by atoms with E-state index < -0.39 is 0 Å². The molecule has 2 aliphatic carbocycles. The van der Waals surface area contributed by atoms with Crippen LogP contribution in [0.25, 0.3) is 0 Å². The molecule has 2 aliphatic rings. The van der Waals surface area contributed by atoms with Crippen LogP contribution < -0.4 is 11.3 Å². The number of hydrazine groups is 1. The molecule has 3 N–H and O–H groups in total. The number of hydrogen-bond acceptors (Lipinski definition) is 2. The van der Waals surface area contributed by atoms with Crippen LogP contribution in [0.4, 0.5) is 0 Å². The minimum Gasteiger partial charge on any atom is -0.271 e. The highest BCUT2D eigenvalue weighted by Crippen LogP contribution is 2.40. The third-order valence-corrected chi connectivity index (χ3v) is 5.89. The maximum absolute atomic E-state index is 5.94. The number of hydrogen-bond donors (Lipinski definition) is 2. The highest BCUT2D eigenvalue weighted by molar-refractivity contribution is 4.89. The lowest BCUT2D eigenvalue weighted by molar-refractivity contribution is 0.115. The third-order valence-electron chi connectivity index (χ3n) is 5.89. The first-order valence-electron chi connectivity index (χ1n) is 8.60. The van der Waals surface area contributed by atoms with E-state index in [4.69, 9.17) is 5.84 Å². The topological polar surface area (TPSA) is 38.0 Å². The van der Waals surface area contributed by atoms with E-state index in [0.29, 0.717) is 6.04 Å². The SMILES string of the molecule is CCC1CCC(C(NN)C2CC(C)CC(C)C2)CC1. The predicted molar refractivity (Wildman–Crippen MR) is 82.5 cm³/mol. The first-order valence-corrected chi connectivity index (χ1v) is 8.60. The minimum absolute atomic E-state index is 0.572. The molecular formula is C17H34N2. The summed E-state index contributed by atoms with van der Waals surface area (Å²) in [6.07, 6.45) is 11.2. The first-order chi connectivity index (χ1) is 9.13. The van der Waals surface area contributed by atoms with Crippen molar-refractivity contribution in [3.8, 4) is 0 Å². The van der Waals surface area contributed by atoms with Crippen molar-refractivity contribution in [2.45, 2.75) is 78.2 Å². The van der Waals surface area contributed by atoms with E-state index in [2.05, 4.69) is 26.2 Å². The molecule has 0 aliphatic heterocycles. The molecule has 0 radical (unpaired) electrons. The van der Waals surface area contributed by atoms with Crippen LogP contribution in [0, 0.1) is 29.6 Å². The summed E-state index contributed by atoms with van der Waals surface area (Å²) in [7, 11) is 0. The van der Waals surface area contributed by atoms with E-state index in [1.807, 2.05) is 0 Å². The quantitative estimate of drug-likeness (QED) is 0.593. The summed E-state index contributed by atoms with van der Waals surface area (Å²) in [5, 5.41) is 0. The van der Waals surface area contributed by atoms with Gasteiger partial charge in [0.15, 0.2) is 0 Å². The molecule has 0 aromatic rings. The highest BCUT2D eigenvalue weighted by Gasteiger charge is 2.35. The Morgan fingerprint density at radius 1 is 0.947 bits per heavy atom. The Morgan fingerprint density at radius 3 is 2.00 bits per heavy atom. The van der Waals surface area contributed by atoms with Crippen LogP contribution in [0.2, 0.25) is 0 Å². The van der Waals surface area contributed by atoms with Crippen LogP contribution in [-0.4, -0.2) is 6.04 Å². The van der Waals surface area contributed by atoms with Crippen molar-refractivity contribution in [1.29, 1.82) is 0 Å². The van der Waals surface area contributed by atoms with Crippen LogP contribution in [-0.2, 0) is 0 Å². The van der Waals surface area contributed by atoms with E-state index >= 15 is 0 Å². The van der Waals surface area contributed by atoms with Gasteiger partial charge in [0, 0.05) is 6.04 Å². The summed E-state index contributed by atoms with van der Waals surface area (Å²) >= 11 is 0. The second kappa shape index (κ2) is 7.08. The summed E-state index contributed by atoms with van der Waals surface area (Å²) in [4.78, 5) is 0. The van der Waals surface area contributed by atoms with E-state index in [1.165, 1.54) is 51.4 Å². The Kier molecular flexibility index (Phi) is 5.70. The van der Waals surface area contributed by atoms with Gasteiger partial charge < -0.3 is 0 Å². The third kappa shape index (κ3) is 3.95. The lowest BCUT2D eigenvalue weighted by Crippen LogP contribution is -2.49. The van der Waals surface area contributed by atoms with Crippen molar-refractivity contribution in [2.24, 2.45) is 35.4 Å². The molecule has 112 valence electrons. The Morgan fingerprint density at radius 2 is 1.53 bits per heavy atom. The maximum Gasteiger partial charge on any atom is 0.0267 e. The molecule has 2 nitrogen and oxygen atoms in total. The monoisotopic (exact) mass is 266 g/mol. The zero-order chi connectivity index (χ0) is 13.8. The lowest BCUT2D eigenvalue weighted by atomic mass is 9.68. The summed E-state index contributed by atoms with van der Waals surface area (Å²) in [6.45, 7) is 7.18. The Hall–Kier alpha value is -0.0800. The van der Waals surface area contributed by atoms with Crippen molar-refractivity contribution < 1.29 is 0 Å². The predicted octanol–water partition coefficient (Wildman–Crippen LogP) is 4.11. The maximum atomic E-state index is 5.94. The highest BCUT2D eigenvalue weighted by atomic mass is 15.2. The molecule has 2 saturated carbocycles. The molecule has 0 spiro atoms. The molecule has 0 saturated heterocycles. The molecule has 0 aromatic carbocycles. The standard InChI is InChI=1S/C17H34N2/c1-4-14-5-7-15(8-6-14)17(19-18)16-10-12(2)9-13(3)11-16/h12-17,19H,4-11,18H2,1-3H3. The van der Waals surface area contributed by atoms with E-state index in [-0.39, 0.29) is 0 Å².